The lowest BCUT2D eigenvalue weighted by Gasteiger charge is -2.07. The first-order valence-corrected chi connectivity index (χ1v) is 4.31. The second kappa shape index (κ2) is 4.18. The number of carbonyl (C=O) groups is 1. The number of ketones is 1. The van der Waals surface area contributed by atoms with Gasteiger partial charge in [-0.05, 0) is 31.5 Å². The van der Waals surface area contributed by atoms with E-state index in [1.165, 1.54) is 19.9 Å². The Morgan fingerprint density at radius 3 is 2.47 bits per heavy atom. The van der Waals surface area contributed by atoms with Crippen molar-refractivity contribution in [2.24, 2.45) is 0 Å². The van der Waals surface area contributed by atoms with Crippen LogP contribution in [0.3, 0.4) is 0 Å². The number of nitriles is 1. The molecule has 0 spiro atoms. The Labute approximate surface area is 86.1 Å². The van der Waals surface area contributed by atoms with Gasteiger partial charge in [-0.3, -0.25) is 4.79 Å². The number of rotatable bonds is 2. The summed E-state index contributed by atoms with van der Waals surface area (Å²) >= 11 is 0. The third kappa shape index (κ3) is 2.18. The predicted molar refractivity (Wildman–Crippen MR) is 50.9 cm³/mol. The van der Waals surface area contributed by atoms with E-state index in [1.54, 1.807) is 6.07 Å². The summed E-state index contributed by atoms with van der Waals surface area (Å²) in [5, 5.41) is 8.71. The minimum atomic E-state index is -2.74. The number of carbonyl (C=O) groups excluding carboxylic acids is 1. The summed E-state index contributed by atoms with van der Waals surface area (Å²) in [6, 6.07) is 4.25. The number of benzene rings is 1. The smallest absolute Gasteiger partial charge is 0.265 e. The highest BCUT2D eigenvalue weighted by atomic mass is 19.3. The van der Waals surface area contributed by atoms with Crippen LogP contribution in [-0.4, -0.2) is 5.78 Å². The van der Waals surface area contributed by atoms with E-state index in [2.05, 4.69) is 0 Å². The Morgan fingerprint density at radius 2 is 2.07 bits per heavy atom. The van der Waals surface area contributed by atoms with Crippen molar-refractivity contribution in [3.63, 3.8) is 0 Å². The van der Waals surface area contributed by atoms with Crippen LogP contribution < -0.4 is 0 Å². The van der Waals surface area contributed by atoms with Gasteiger partial charge in [0.2, 0.25) is 0 Å². The van der Waals surface area contributed by atoms with E-state index in [0.29, 0.717) is 5.56 Å². The number of halogens is 2. The van der Waals surface area contributed by atoms with Gasteiger partial charge in [-0.1, -0.05) is 0 Å². The Balaban J connectivity index is 3.47. The van der Waals surface area contributed by atoms with E-state index in [1.807, 2.05) is 0 Å². The topological polar surface area (TPSA) is 40.9 Å². The van der Waals surface area contributed by atoms with E-state index in [9.17, 15) is 13.6 Å². The molecule has 1 rings (SSSR count). The minimum absolute atomic E-state index is 0.0463. The average Bonchev–Trinajstić information content (AvgIpc) is 2.16. The maximum Gasteiger partial charge on any atom is 0.265 e. The van der Waals surface area contributed by atoms with Crippen molar-refractivity contribution in [2.45, 2.75) is 20.3 Å². The van der Waals surface area contributed by atoms with Crippen molar-refractivity contribution < 1.29 is 13.6 Å². The van der Waals surface area contributed by atoms with Crippen LogP contribution in [0, 0.1) is 18.3 Å². The first-order chi connectivity index (χ1) is 6.97. The molecule has 0 atom stereocenters. The largest absolute Gasteiger partial charge is 0.295 e. The number of hydrogen-bond acceptors (Lipinski definition) is 2. The molecule has 78 valence electrons. The second-order valence-corrected chi connectivity index (χ2v) is 3.23. The molecule has 0 bridgehead atoms. The predicted octanol–water partition coefficient (Wildman–Crippen LogP) is 3.01. The third-order valence-electron chi connectivity index (χ3n) is 2.12. The number of alkyl halides is 2. The van der Waals surface area contributed by atoms with Gasteiger partial charge in [-0.2, -0.15) is 5.26 Å². The molecule has 1 aromatic carbocycles. The summed E-state index contributed by atoms with van der Waals surface area (Å²) in [6.07, 6.45) is -2.74. The summed E-state index contributed by atoms with van der Waals surface area (Å²) in [4.78, 5) is 11.0. The monoisotopic (exact) mass is 209 g/mol. The van der Waals surface area contributed by atoms with E-state index in [0.717, 1.165) is 6.07 Å². The summed E-state index contributed by atoms with van der Waals surface area (Å²) in [5.41, 5.74) is 0.194. The molecule has 0 aliphatic heterocycles. The van der Waals surface area contributed by atoms with Crippen molar-refractivity contribution in [3.8, 4) is 6.07 Å². The van der Waals surface area contributed by atoms with Crippen molar-refractivity contribution >= 4 is 5.78 Å². The summed E-state index contributed by atoms with van der Waals surface area (Å²) in [6.45, 7) is 2.84. The number of Topliss-reactive ketones (excluding diaryl/α,β-unsaturated/α-hetero) is 1. The Hall–Kier alpha value is -1.76. The minimum Gasteiger partial charge on any atom is -0.295 e. The molecule has 0 aliphatic carbocycles. The Bertz CT molecular complexity index is 447. The van der Waals surface area contributed by atoms with Crippen molar-refractivity contribution in [1.29, 1.82) is 5.26 Å². The molecule has 0 saturated heterocycles. The van der Waals surface area contributed by atoms with E-state index in [-0.39, 0.29) is 22.5 Å². The molecule has 0 amide bonds. The van der Waals surface area contributed by atoms with Crippen LogP contribution in [0.1, 0.15) is 40.4 Å². The van der Waals surface area contributed by atoms with Gasteiger partial charge in [-0.25, -0.2) is 8.78 Å². The molecular formula is C11H9F2NO. The molecule has 2 nitrogen and oxygen atoms in total. The van der Waals surface area contributed by atoms with Crippen LogP contribution in [0.4, 0.5) is 8.78 Å². The summed E-state index contributed by atoms with van der Waals surface area (Å²) in [7, 11) is 0. The van der Waals surface area contributed by atoms with Crippen LogP contribution in [0.15, 0.2) is 12.1 Å². The van der Waals surface area contributed by atoms with Gasteiger partial charge < -0.3 is 0 Å². The number of aryl methyl sites for hydroxylation is 1. The highest BCUT2D eigenvalue weighted by Gasteiger charge is 2.17. The van der Waals surface area contributed by atoms with E-state index < -0.39 is 6.43 Å². The maximum absolute atomic E-state index is 12.6. The van der Waals surface area contributed by atoms with Gasteiger partial charge in [0.1, 0.15) is 0 Å². The lowest BCUT2D eigenvalue weighted by molar-refractivity contribution is 0.101. The van der Waals surface area contributed by atoms with E-state index >= 15 is 0 Å². The first-order valence-electron chi connectivity index (χ1n) is 4.31. The van der Waals surface area contributed by atoms with Crippen LogP contribution >= 0.6 is 0 Å². The highest BCUT2D eigenvalue weighted by Crippen LogP contribution is 2.26. The molecule has 15 heavy (non-hydrogen) atoms. The lowest BCUT2D eigenvalue weighted by atomic mass is 9.98. The normalized spacial score (nSPS) is 10.1. The highest BCUT2D eigenvalue weighted by molar-refractivity contribution is 5.94. The van der Waals surface area contributed by atoms with Crippen LogP contribution in [0.25, 0.3) is 0 Å². The Morgan fingerprint density at radius 1 is 1.47 bits per heavy atom. The fraction of sp³-hybridized carbons (Fsp3) is 0.273. The molecule has 1 aromatic rings. The molecule has 4 heteroatoms. The molecule has 0 unspecified atom stereocenters. The van der Waals surface area contributed by atoms with Crippen LogP contribution in [0.2, 0.25) is 0 Å². The zero-order chi connectivity index (χ0) is 11.6. The maximum atomic E-state index is 12.6. The molecule has 0 saturated carbocycles. The summed E-state index contributed by atoms with van der Waals surface area (Å²) < 4.78 is 25.2. The molecule has 0 aliphatic rings. The van der Waals surface area contributed by atoms with Gasteiger partial charge in [0.15, 0.2) is 5.78 Å². The third-order valence-corrected chi connectivity index (χ3v) is 2.12. The fourth-order valence-electron chi connectivity index (χ4n) is 1.34. The zero-order valence-corrected chi connectivity index (χ0v) is 8.34. The standard InChI is InChI=1S/C11H9F2NO/c1-6-3-8(7(2)15)4-9(11(12)13)10(6)5-14/h3-4,11H,1-2H3. The summed E-state index contributed by atoms with van der Waals surface area (Å²) in [5.74, 6) is -0.288. The Kier molecular flexibility index (Phi) is 3.15. The second-order valence-electron chi connectivity index (χ2n) is 3.23. The quantitative estimate of drug-likeness (QED) is 0.702. The number of nitrogens with zero attached hydrogens (tertiary/aromatic N) is 1. The lowest BCUT2D eigenvalue weighted by Crippen LogP contribution is -2.00. The zero-order valence-electron chi connectivity index (χ0n) is 8.34. The molecular weight excluding hydrogens is 200 g/mol. The average molecular weight is 209 g/mol. The van der Waals surface area contributed by atoms with Crippen LogP contribution in [-0.2, 0) is 0 Å². The van der Waals surface area contributed by atoms with Crippen LogP contribution in [0.5, 0.6) is 0 Å². The molecule has 0 fully saturated rings. The van der Waals surface area contributed by atoms with Crippen molar-refractivity contribution in [3.05, 3.63) is 34.4 Å². The fourth-order valence-corrected chi connectivity index (χ4v) is 1.34. The van der Waals surface area contributed by atoms with Gasteiger partial charge in [-0.15, -0.1) is 0 Å². The van der Waals surface area contributed by atoms with Gasteiger partial charge in [0, 0.05) is 11.1 Å². The first kappa shape index (κ1) is 11.3. The van der Waals surface area contributed by atoms with Crippen molar-refractivity contribution in [2.75, 3.05) is 0 Å². The van der Waals surface area contributed by atoms with Gasteiger partial charge in [0.25, 0.3) is 6.43 Å². The SMILES string of the molecule is CC(=O)c1cc(C)c(C#N)c(C(F)F)c1. The molecule has 0 aromatic heterocycles. The van der Waals surface area contributed by atoms with Gasteiger partial charge in [0.05, 0.1) is 11.6 Å². The molecule has 0 radical (unpaired) electrons. The molecule has 0 N–H and O–H groups in total. The van der Waals surface area contributed by atoms with Crippen molar-refractivity contribution in [1.82, 2.24) is 0 Å². The molecule has 0 heterocycles. The van der Waals surface area contributed by atoms with E-state index in [4.69, 9.17) is 5.26 Å². The van der Waals surface area contributed by atoms with Gasteiger partial charge >= 0.3 is 0 Å². The number of hydrogen-bond donors (Lipinski definition) is 0.